The van der Waals surface area contributed by atoms with Crippen molar-refractivity contribution in [1.82, 2.24) is 0 Å². The second kappa shape index (κ2) is 5.28. The van der Waals surface area contributed by atoms with Crippen LogP contribution in [-0.4, -0.2) is 12.5 Å². The van der Waals surface area contributed by atoms with Crippen LogP contribution in [-0.2, 0) is 9.53 Å². The first-order valence-corrected chi connectivity index (χ1v) is 3.13. The fourth-order valence-corrected chi connectivity index (χ4v) is 0.412. The molecular formula is C8H9NO2. The van der Waals surface area contributed by atoms with Gasteiger partial charge < -0.3 is 4.74 Å². The van der Waals surface area contributed by atoms with E-state index in [2.05, 4.69) is 6.58 Å². The van der Waals surface area contributed by atoms with E-state index in [-0.39, 0.29) is 5.76 Å². The zero-order chi connectivity index (χ0) is 8.69. The molecule has 3 nitrogen and oxygen atoms in total. The summed E-state index contributed by atoms with van der Waals surface area (Å²) < 4.78 is 4.72. The van der Waals surface area contributed by atoms with Gasteiger partial charge in [0.25, 0.3) is 5.76 Å². The van der Waals surface area contributed by atoms with Crippen molar-refractivity contribution >= 4 is 5.94 Å². The lowest BCUT2D eigenvalue weighted by Gasteiger charge is -1.99. The van der Waals surface area contributed by atoms with Gasteiger partial charge in [0.2, 0.25) is 0 Å². The van der Waals surface area contributed by atoms with Gasteiger partial charge in [-0.1, -0.05) is 5.57 Å². The van der Waals surface area contributed by atoms with E-state index in [1.807, 2.05) is 6.92 Å². The van der Waals surface area contributed by atoms with Crippen molar-refractivity contribution < 1.29 is 9.53 Å². The highest BCUT2D eigenvalue weighted by atomic mass is 16.5. The third kappa shape index (κ3) is 4.95. The lowest BCUT2D eigenvalue weighted by Crippen LogP contribution is -1.93. The molecule has 0 heterocycles. The normalized spacial score (nSPS) is 7.64. The van der Waals surface area contributed by atoms with Gasteiger partial charge in [0, 0.05) is 6.42 Å². The second-order valence-electron chi connectivity index (χ2n) is 2.10. The number of nitriles is 1. The summed E-state index contributed by atoms with van der Waals surface area (Å²) in [5.74, 6) is 1.08. The smallest absolute Gasteiger partial charge is 0.283 e. The molecule has 0 aliphatic carbocycles. The molecule has 0 radical (unpaired) electrons. The van der Waals surface area contributed by atoms with Gasteiger partial charge in [0.1, 0.15) is 0 Å². The van der Waals surface area contributed by atoms with Crippen LogP contribution in [0.25, 0.3) is 0 Å². The fourth-order valence-electron chi connectivity index (χ4n) is 0.412. The molecule has 0 saturated heterocycles. The Bertz CT molecular complexity index is 231. The first-order chi connectivity index (χ1) is 5.20. The summed E-state index contributed by atoms with van der Waals surface area (Å²) in [5, 5.41) is 8.19. The Morgan fingerprint density at radius 2 is 2.36 bits per heavy atom. The molecule has 58 valence electrons. The average molecular weight is 151 g/mol. The number of rotatable bonds is 4. The van der Waals surface area contributed by atoms with Crippen LogP contribution in [0.4, 0.5) is 0 Å². The summed E-state index contributed by atoms with van der Waals surface area (Å²) in [6, 6.07) is 1.57. The first-order valence-electron chi connectivity index (χ1n) is 3.13. The Morgan fingerprint density at radius 1 is 1.73 bits per heavy atom. The number of hydrogen-bond acceptors (Lipinski definition) is 3. The molecule has 0 aliphatic heterocycles. The van der Waals surface area contributed by atoms with Crippen LogP contribution in [0, 0.1) is 11.3 Å². The average Bonchev–Trinajstić information content (AvgIpc) is 1.98. The van der Waals surface area contributed by atoms with Crippen LogP contribution < -0.4 is 0 Å². The van der Waals surface area contributed by atoms with Crippen molar-refractivity contribution in [3.63, 3.8) is 0 Å². The van der Waals surface area contributed by atoms with Crippen LogP contribution in [0.1, 0.15) is 13.3 Å². The molecule has 0 atom stereocenters. The van der Waals surface area contributed by atoms with Gasteiger partial charge in [-0.15, -0.1) is 6.58 Å². The quantitative estimate of drug-likeness (QED) is 0.262. The van der Waals surface area contributed by atoms with E-state index in [1.165, 1.54) is 5.94 Å². The third-order valence-electron chi connectivity index (χ3n) is 0.969. The molecule has 0 N–H and O–H groups in total. The standard InChI is InChI=1S/C8H9NO2/c1-7(2)3-4-11-8(5-9)6-10/h1,3-4H2,2H3. The van der Waals surface area contributed by atoms with Gasteiger partial charge in [-0.3, -0.25) is 0 Å². The monoisotopic (exact) mass is 151 g/mol. The highest BCUT2D eigenvalue weighted by molar-refractivity contribution is 5.55. The predicted octanol–water partition coefficient (Wildman–Crippen LogP) is 1.21. The van der Waals surface area contributed by atoms with Gasteiger partial charge in [0.05, 0.1) is 6.61 Å². The fraction of sp³-hybridized carbons (Fsp3) is 0.375. The highest BCUT2D eigenvalue weighted by Gasteiger charge is 1.95. The zero-order valence-corrected chi connectivity index (χ0v) is 6.39. The maximum Gasteiger partial charge on any atom is 0.283 e. The van der Waals surface area contributed by atoms with E-state index in [1.54, 1.807) is 6.07 Å². The van der Waals surface area contributed by atoms with Crippen LogP contribution in [0.15, 0.2) is 17.9 Å². The van der Waals surface area contributed by atoms with Gasteiger partial charge in [-0.05, 0) is 6.92 Å². The lowest BCUT2D eigenvalue weighted by molar-refractivity contribution is 0.233. The largest absolute Gasteiger partial charge is 0.475 e. The SMILES string of the molecule is C=C(C)CCOC(=C=O)C#N. The second-order valence-corrected chi connectivity index (χ2v) is 2.10. The van der Waals surface area contributed by atoms with E-state index < -0.39 is 0 Å². The van der Waals surface area contributed by atoms with Crippen molar-refractivity contribution in [2.45, 2.75) is 13.3 Å². The molecule has 0 aromatic carbocycles. The summed E-state index contributed by atoms with van der Waals surface area (Å²) in [7, 11) is 0. The van der Waals surface area contributed by atoms with Crippen molar-refractivity contribution in [3.05, 3.63) is 17.9 Å². The summed E-state index contributed by atoms with van der Waals surface area (Å²) >= 11 is 0. The van der Waals surface area contributed by atoms with Crippen LogP contribution in [0.5, 0.6) is 0 Å². The Hall–Kier alpha value is -1.52. The van der Waals surface area contributed by atoms with E-state index in [4.69, 9.17) is 10.00 Å². The topological polar surface area (TPSA) is 50.1 Å². The van der Waals surface area contributed by atoms with E-state index in [0.717, 1.165) is 5.57 Å². The van der Waals surface area contributed by atoms with Gasteiger partial charge in [-0.2, -0.15) is 5.26 Å². The van der Waals surface area contributed by atoms with Gasteiger partial charge in [-0.25, -0.2) is 4.79 Å². The molecule has 0 aromatic rings. The van der Waals surface area contributed by atoms with E-state index in [0.29, 0.717) is 13.0 Å². The molecule has 0 amide bonds. The number of nitrogens with zero attached hydrogens (tertiary/aromatic N) is 1. The number of allylic oxidation sites excluding steroid dienone is 1. The molecule has 0 spiro atoms. The molecule has 0 aliphatic rings. The Kier molecular flexibility index (Phi) is 4.55. The predicted molar refractivity (Wildman–Crippen MR) is 40.2 cm³/mol. The van der Waals surface area contributed by atoms with Crippen molar-refractivity contribution in [2.75, 3.05) is 6.61 Å². The minimum atomic E-state index is -0.300. The molecule has 0 fully saturated rings. The number of ether oxygens (including phenoxy) is 1. The number of carbonyl (C=O) groups excluding carboxylic acids is 1. The van der Waals surface area contributed by atoms with Gasteiger partial charge in [0.15, 0.2) is 12.0 Å². The minimum absolute atomic E-state index is 0.300. The van der Waals surface area contributed by atoms with Crippen LogP contribution >= 0.6 is 0 Å². The Morgan fingerprint density at radius 3 is 2.73 bits per heavy atom. The van der Waals surface area contributed by atoms with Crippen molar-refractivity contribution in [2.24, 2.45) is 0 Å². The summed E-state index contributed by atoms with van der Waals surface area (Å²) in [6.45, 7) is 5.79. The third-order valence-corrected chi connectivity index (χ3v) is 0.969. The van der Waals surface area contributed by atoms with E-state index in [9.17, 15) is 4.79 Å². The van der Waals surface area contributed by atoms with Crippen molar-refractivity contribution in [1.29, 1.82) is 5.26 Å². The summed E-state index contributed by atoms with van der Waals surface area (Å²) in [5.41, 5.74) is 0.952. The lowest BCUT2D eigenvalue weighted by atomic mass is 10.3. The Labute approximate surface area is 65.6 Å². The first kappa shape index (κ1) is 9.48. The maximum atomic E-state index is 9.88. The molecule has 0 rings (SSSR count). The molecule has 0 aromatic heterocycles. The Balaban J connectivity index is 3.64. The zero-order valence-electron chi connectivity index (χ0n) is 6.39. The number of hydrogen-bond donors (Lipinski definition) is 0. The van der Waals surface area contributed by atoms with E-state index >= 15 is 0 Å². The molecule has 0 saturated carbocycles. The molecule has 0 unspecified atom stereocenters. The maximum absolute atomic E-state index is 9.88. The van der Waals surface area contributed by atoms with Crippen LogP contribution in [0.2, 0.25) is 0 Å². The van der Waals surface area contributed by atoms with Crippen LogP contribution in [0.3, 0.4) is 0 Å². The van der Waals surface area contributed by atoms with Gasteiger partial charge >= 0.3 is 0 Å². The highest BCUT2D eigenvalue weighted by Crippen LogP contribution is 1.98. The minimum Gasteiger partial charge on any atom is -0.475 e. The summed E-state index contributed by atoms with van der Waals surface area (Å²) in [6.07, 6.45) is 0.646. The molecule has 3 heteroatoms. The summed E-state index contributed by atoms with van der Waals surface area (Å²) in [4.78, 5) is 9.88. The molecular weight excluding hydrogens is 142 g/mol. The van der Waals surface area contributed by atoms with Crippen molar-refractivity contribution in [3.8, 4) is 6.07 Å². The molecule has 11 heavy (non-hydrogen) atoms. The molecule has 0 bridgehead atoms.